The number of aromatic nitrogens is 3. The predicted molar refractivity (Wildman–Crippen MR) is 79.5 cm³/mol. The fraction of sp³-hybridized carbons (Fsp3) is 0.692. The second-order valence-corrected chi connectivity index (χ2v) is 5.97. The molecule has 1 aromatic rings. The molecule has 8 heteroatoms. The number of likely N-dealkylation sites (tertiary alicyclic amines) is 1. The van der Waals surface area contributed by atoms with E-state index in [1.54, 1.807) is 0 Å². The molecule has 1 aliphatic rings. The van der Waals surface area contributed by atoms with Crippen LogP contribution in [-0.2, 0) is 22.7 Å². The Morgan fingerprint density at radius 3 is 2.86 bits per heavy atom. The smallest absolute Gasteiger partial charge is 0.227 e. The summed E-state index contributed by atoms with van der Waals surface area (Å²) in [4.78, 5) is 24.8. The van der Waals surface area contributed by atoms with Crippen LogP contribution in [0, 0.1) is 0 Å². The van der Waals surface area contributed by atoms with Crippen LogP contribution in [0.1, 0.15) is 38.4 Å². The quantitative estimate of drug-likeness (QED) is 0.783. The minimum atomic E-state index is -0.380. The van der Waals surface area contributed by atoms with E-state index in [2.05, 4.69) is 10.2 Å². The zero-order valence-electron chi connectivity index (χ0n) is 12.2. The van der Waals surface area contributed by atoms with Crippen molar-refractivity contribution in [3.63, 3.8) is 0 Å². The Bertz CT molecular complexity index is 517. The van der Waals surface area contributed by atoms with Crippen molar-refractivity contribution >= 4 is 23.6 Å². The highest BCUT2D eigenvalue weighted by atomic mass is 32.2. The van der Waals surface area contributed by atoms with E-state index in [-0.39, 0.29) is 17.6 Å². The monoisotopic (exact) mass is 311 g/mol. The molecule has 0 spiro atoms. The van der Waals surface area contributed by atoms with Gasteiger partial charge in [0.15, 0.2) is 11.0 Å². The van der Waals surface area contributed by atoms with E-state index in [9.17, 15) is 9.59 Å². The van der Waals surface area contributed by atoms with E-state index in [0.717, 1.165) is 31.6 Å². The Morgan fingerprint density at radius 1 is 1.33 bits per heavy atom. The molecule has 1 saturated heterocycles. The third kappa shape index (κ3) is 4.20. The maximum Gasteiger partial charge on any atom is 0.227 e. The first-order valence-electron chi connectivity index (χ1n) is 7.22. The second-order valence-electron chi connectivity index (χ2n) is 5.02. The molecule has 2 amide bonds. The molecule has 0 radical (unpaired) electrons. The van der Waals surface area contributed by atoms with E-state index in [1.807, 2.05) is 16.4 Å². The number of carbonyl (C=O) groups excluding carboxylic acids is 2. The molecule has 0 atom stereocenters. The summed E-state index contributed by atoms with van der Waals surface area (Å²) < 4.78 is 1.94. The van der Waals surface area contributed by atoms with Gasteiger partial charge in [-0.25, -0.2) is 0 Å². The van der Waals surface area contributed by atoms with Gasteiger partial charge in [0, 0.05) is 19.5 Å². The van der Waals surface area contributed by atoms with Crippen LogP contribution >= 0.6 is 11.8 Å². The molecule has 21 heavy (non-hydrogen) atoms. The van der Waals surface area contributed by atoms with Gasteiger partial charge < -0.3 is 15.2 Å². The average Bonchev–Trinajstić information content (AvgIpc) is 2.73. The Kier molecular flexibility index (Phi) is 5.60. The fourth-order valence-electron chi connectivity index (χ4n) is 2.37. The third-order valence-electron chi connectivity index (χ3n) is 3.46. The van der Waals surface area contributed by atoms with E-state index in [1.165, 1.54) is 11.8 Å². The fourth-order valence-corrected chi connectivity index (χ4v) is 3.13. The third-order valence-corrected chi connectivity index (χ3v) is 4.45. The Hall–Kier alpha value is -1.57. The molecule has 0 bridgehead atoms. The van der Waals surface area contributed by atoms with Gasteiger partial charge in [-0.05, 0) is 19.8 Å². The van der Waals surface area contributed by atoms with Crippen LogP contribution in [-0.4, -0.2) is 43.8 Å². The molecular weight excluding hydrogens is 290 g/mol. The first-order chi connectivity index (χ1) is 10.1. The van der Waals surface area contributed by atoms with Gasteiger partial charge in [-0.2, -0.15) is 0 Å². The number of amides is 2. The summed E-state index contributed by atoms with van der Waals surface area (Å²) in [5.41, 5.74) is 5.15. The van der Waals surface area contributed by atoms with Crippen molar-refractivity contribution in [2.24, 2.45) is 5.73 Å². The van der Waals surface area contributed by atoms with Crippen LogP contribution in [0.3, 0.4) is 0 Å². The van der Waals surface area contributed by atoms with Crippen molar-refractivity contribution < 1.29 is 9.59 Å². The topological polar surface area (TPSA) is 94.1 Å². The summed E-state index contributed by atoms with van der Waals surface area (Å²) in [6.07, 6.45) is 3.72. The van der Waals surface area contributed by atoms with Gasteiger partial charge in [0.1, 0.15) is 0 Å². The van der Waals surface area contributed by atoms with Gasteiger partial charge in [0.05, 0.1) is 12.3 Å². The van der Waals surface area contributed by atoms with Crippen LogP contribution in [0.5, 0.6) is 0 Å². The maximum absolute atomic E-state index is 12.0. The van der Waals surface area contributed by atoms with Gasteiger partial charge in [-0.1, -0.05) is 18.2 Å². The van der Waals surface area contributed by atoms with Gasteiger partial charge in [-0.15, -0.1) is 10.2 Å². The lowest BCUT2D eigenvalue weighted by Crippen LogP contribution is -2.31. The van der Waals surface area contributed by atoms with Crippen molar-refractivity contribution in [3.05, 3.63) is 5.82 Å². The number of nitrogens with zero attached hydrogens (tertiary/aromatic N) is 4. The molecule has 1 fully saturated rings. The number of carbonyl (C=O) groups is 2. The standard InChI is InChI=1S/C13H21N5O2S/c1-2-18-11(15-16-13(18)21-9-10(14)19)8-17-7-5-3-4-6-12(17)20/h2-9H2,1H3,(H2,14,19). The molecule has 1 aromatic heterocycles. The molecule has 2 heterocycles. The predicted octanol–water partition coefficient (Wildman–Crippen LogP) is 0.778. The summed E-state index contributed by atoms with van der Waals surface area (Å²) in [6.45, 7) is 3.95. The molecule has 0 saturated carbocycles. The van der Waals surface area contributed by atoms with E-state index < -0.39 is 0 Å². The number of nitrogens with two attached hydrogens (primary N) is 1. The van der Waals surface area contributed by atoms with Gasteiger partial charge in [0.25, 0.3) is 0 Å². The molecule has 7 nitrogen and oxygen atoms in total. The molecular formula is C13H21N5O2S. The number of primary amides is 1. The lowest BCUT2D eigenvalue weighted by molar-refractivity contribution is -0.131. The number of hydrogen-bond acceptors (Lipinski definition) is 5. The first-order valence-corrected chi connectivity index (χ1v) is 8.21. The van der Waals surface area contributed by atoms with E-state index in [0.29, 0.717) is 24.7 Å². The second kappa shape index (κ2) is 7.44. The van der Waals surface area contributed by atoms with Crippen LogP contribution < -0.4 is 5.73 Å². The normalized spacial score (nSPS) is 16.0. The van der Waals surface area contributed by atoms with Crippen LogP contribution in [0.2, 0.25) is 0 Å². The van der Waals surface area contributed by atoms with Crippen molar-refractivity contribution in [2.45, 2.75) is 50.9 Å². The molecule has 0 aromatic carbocycles. The SMILES string of the molecule is CCn1c(CN2CCCCCC2=O)nnc1SCC(N)=O. The lowest BCUT2D eigenvalue weighted by atomic mass is 10.2. The molecule has 116 valence electrons. The minimum absolute atomic E-state index is 0.181. The van der Waals surface area contributed by atoms with Crippen LogP contribution in [0.15, 0.2) is 5.16 Å². The van der Waals surface area contributed by atoms with Gasteiger partial charge in [0.2, 0.25) is 11.8 Å². The van der Waals surface area contributed by atoms with E-state index >= 15 is 0 Å². The first kappa shape index (κ1) is 15.8. The molecule has 2 N–H and O–H groups in total. The van der Waals surface area contributed by atoms with Crippen LogP contribution in [0.25, 0.3) is 0 Å². The lowest BCUT2D eigenvalue weighted by Gasteiger charge is -2.20. The molecule has 0 aliphatic carbocycles. The summed E-state index contributed by atoms with van der Waals surface area (Å²) >= 11 is 1.28. The van der Waals surface area contributed by atoms with Gasteiger partial charge in [-0.3, -0.25) is 9.59 Å². The van der Waals surface area contributed by atoms with E-state index in [4.69, 9.17) is 5.73 Å². The summed E-state index contributed by atoms with van der Waals surface area (Å²) in [6, 6.07) is 0. The molecule has 1 aliphatic heterocycles. The van der Waals surface area contributed by atoms with Crippen molar-refractivity contribution in [2.75, 3.05) is 12.3 Å². The molecule has 0 unspecified atom stereocenters. The summed E-state index contributed by atoms with van der Waals surface area (Å²) in [5, 5.41) is 8.95. The zero-order chi connectivity index (χ0) is 15.2. The Balaban J connectivity index is 2.08. The Morgan fingerprint density at radius 2 is 2.14 bits per heavy atom. The average molecular weight is 311 g/mol. The summed E-state index contributed by atoms with van der Waals surface area (Å²) in [7, 11) is 0. The zero-order valence-corrected chi connectivity index (χ0v) is 13.1. The summed E-state index contributed by atoms with van der Waals surface area (Å²) in [5.74, 6) is 0.750. The van der Waals surface area contributed by atoms with Crippen molar-refractivity contribution in [1.82, 2.24) is 19.7 Å². The largest absolute Gasteiger partial charge is 0.369 e. The number of hydrogen-bond donors (Lipinski definition) is 1. The minimum Gasteiger partial charge on any atom is -0.369 e. The molecule has 2 rings (SSSR count). The number of thioether (sulfide) groups is 1. The Labute approximate surface area is 128 Å². The maximum atomic E-state index is 12.0. The number of rotatable bonds is 6. The highest BCUT2D eigenvalue weighted by Gasteiger charge is 2.20. The highest BCUT2D eigenvalue weighted by molar-refractivity contribution is 7.99. The van der Waals surface area contributed by atoms with Crippen molar-refractivity contribution in [1.29, 1.82) is 0 Å². The van der Waals surface area contributed by atoms with Gasteiger partial charge >= 0.3 is 0 Å². The van der Waals surface area contributed by atoms with Crippen molar-refractivity contribution in [3.8, 4) is 0 Å². The highest BCUT2D eigenvalue weighted by Crippen LogP contribution is 2.19. The van der Waals surface area contributed by atoms with Crippen LogP contribution in [0.4, 0.5) is 0 Å².